The lowest BCUT2D eigenvalue weighted by Gasteiger charge is -2.23. The number of benzene rings is 1. The lowest BCUT2D eigenvalue weighted by Crippen LogP contribution is -2.40. The van der Waals surface area contributed by atoms with E-state index in [-0.39, 0.29) is 5.91 Å². The number of carbonyl (C=O) groups is 1. The summed E-state index contributed by atoms with van der Waals surface area (Å²) in [5.41, 5.74) is 6.89. The van der Waals surface area contributed by atoms with Crippen LogP contribution in [0.3, 0.4) is 0 Å². The van der Waals surface area contributed by atoms with E-state index in [1.54, 1.807) is 12.1 Å². The second kappa shape index (κ2) is 6.39. The van der Waals surface area contributed by atoms with E-state index in [0.29, 0.717) is 23.8 Å². The molecule has 0 aliphatic carbocycles. The van der Waals surface area contributed by atoms with Gasteiger partial charge in [0.25, 0.3) is 5.91 Å². The largest absolute Gasteiger partial charge is 0.398 e. The number of anilines is 1. The van der Waals surface area contributed by atoms with Gasteiger partial charge in [0.05, 0.1) is 5.56 Å². The van der Waals surface area contributed by atoms with Gasteiger partial charge in [-0.15, -0.1) is 0 Å². The van der Waals surface area contributed by atoms with E-state index < -0.39 is 0 Å². The Kier molecular flexibility index (Phi) is 4.82. The van der Waals surface area contributed by atoms with Crippen molar-refractivity contribution in [1.29, 1.82) is 0 Å². The van der Waals surface area contributed by atoms with Crippen LogP contribution < -0.4 is 11.1 Å². The van der Waals surface area contributed by atoms with Gasteiger partial charge < -0.3 is 11.1 Å². The molecule has 1 saturated heterocycles. The van der Waals surface area contributed by atoms with Crippen molar-refractivity contribution in [1.82, 2.24) is 10.2 Å². The van der Waals surface area contributed by atoms with Crippen LogP contribution in [-0.4, -0.2) is 36.5 Å². The zero-order chi connectivity index (χ0) is 13.8. The average molecular weight is 326 g/mol. The highest BCUT2D eigenvalue weighted by molar-refractivity contribution is 9.10. The van der Waals surface area contributed by atoms with Gasteiger partial charge in [0.15, 0.2) is 0 Å². The molecule has 3 N–H and O–H groups in total. The third kappa shape index (κ3) is 3.70. The topological polar surface area (TPSA) is 58.4 Å². The van der Waals surface area contributed by atoms with Crippen LogP contribution in [0.4, 0.5) is 5.69 Å². The molecule has 1 fully saturated rings. The van der Waals surface area contributed by atoms with Gasteiger partial charge in [-0.3, -0.25) is 9.69 Å². The van der Waals surface area contributed by atoms with Crippen LogP contribution in [0.15, 0.2) is 22.7 Å². The molecule has 1 aromatic rings. The van der Waals surface area contributed by atoms with Crippen LogP contribution in [0.1, 0.15) is 30.1 Å². The normalized spacial score (nSPS) is 17.4. The van der Waals surface area contributed by atoms with E-state index in [0.717, 1.165) is 17.6 Å². The Hall–Kier alpha value is -1.07. The SMILES string of the molecule is CC(CNC(=O)c1ccc(Br)cc1N)N1CCCC1. The van der Waals surface area contributed by atoms with Crippen molar-refractivity contribution < 1.29 is 4.79 Å². The maximum atomic E-state index is 12.1. The van der Waals surface area contributed by atoms with E-state index in [1.165, 1.54) is 12.8 Å². The molecule has 1 atom stereocenters. The Bertz CT molecular complexity index is 458. The van der Waals surface area contributed by atoms with Crippen molar-refractivity contribution in [3.05, 3.63) is 28.2 Å². The number of rotatable bonds is 4. The molecule has 1 aromatic carbocycles. The lowest BCUT2D eigenvalue weighted by atomic mass is 10.1. The number of hydrogen-bond acceptors (Lipinski definition) is 3. The van der Waals surface area contributed by atoms with E-state index >= 15 is 0 Å². The standard InChI is InChI=1S/C14H20BrN3O/c1-10(18-6-2-3-7-18)9-17-14(19)12-5-4-11(15)8-13(12)16/h4-5,8,10H,2-3,6-7,9,16H2,1H3,(H,17,19). The van der Waals surface area contributed by atoms with E-state index in [4.69, 9.17) is 5.73 Å². The highest BCUT2D eigenvalue weighted by atomic mass is 79.9. The predicted octanol–water partition coefficient (Wildman–Crippen LogP) is 2.25. The molecule has 1 amide bonds. The van der Waals surface area contributed by atoms with Crippen LogP contribution in [0.25, 0.3) is 0 Å². The summed E-state index contributed by atoms with van der Waals surface area (Å²) < 4.78 is 0.881. The number of carbonyl (C=O) groups excluding carboxylic acids is 1. The Labute approximate surface area is 122 Å². The second-order valence-corrected chi connectivity index (χ2v) is 5.95. The molecule has 5 heteroatoms. The molecule has 19 heavy (non-hydrogen) atoms. The number of hydrogen-bond donors (Lipinski definition) is 2. The number of nitrogens with one attached hydrogen (secondary N) is 1. The molecule has 104 valence electrons. The predicted molar refractivity (Wildman–Crippen MR) is 81.2 cm³/mol. The average Bonchev–Trinajstić information content (AvgIpc) is 2.89. The molecule has 0 spiro atoms. The lowest BCUT2D eigenvalue weighted by molar-refractivity contribution is 0.0941. The number of likely N-dealkylation sites (tertiary alicyclic amines) is 1. The monoisotopic (exact) mass is 325 g/mol. The van der Waals surface area contributed by atoms with E-state index in [9.17, 15) is 4.79 Å². The zero-order valence-corrected chi connectivity index (χ0v) is 12.7. The summed E-state index contributed by atoms with van der Waals surface area (Å²) in [6.45, 7) is 5.08. The van der Waals surface area contributed by atoms with Crippen LogP contribution >= 0.6 is 15.9 Å². The van der Waals surface area contributed by atoms with Gasteiger partial charge in [-0.2, -0.15) is 0 Å². The van der Waals surface area contributed by atoms with Crippen molar-refractivity contribution in [2.45, 2.75) is 25.8 Å². The van der Waals surface area contributed by atoms with Gasteiger partial charge in [-0.1, -0.05) is 15.9 Å². The summed E-state index contributed by atoms with van der Waals surface area (Å²) in [7, 11) is 0. The van der Waals surface area contributed by atoms with Gasteiger partial charge in [-0.25, -0.2) is 0 Å². The molecule has 1 unspecified atom stereocenters. The highest BCUT2D eigenvalue weighted by Gasteiger charge is 2.19. The fraction of sp³-hybridized carbons (Fsp3) is 0.500. The summed E-state index contributed by atoms with van der Waals surface area (Å²) in [6, 6.07) is 5.70. The maximum absolute atomic E-state index is 12.1. The third-order valence-corrected chi connectivity index (χ3v) is 4.07. The van der Waals surface area contributed by atoms with Gasteiger partial charge in [-0.05, 0) is 51.1 Å². The summed E-state index contributed by atoms with van der Waals surface area (Å²) in [4.78, 5) is 14.5. The Balaban J connectivity index is 1.90. The number of nitrogens with zero attached hydrogens (tertiary/aromatic N) is 1. The summed E-state index contributed by atoms with van der Waals surface area (Å²) in [5, 5.41) is 2.96. The van der Waals surface area contributed by atoms with Crippen molar-refractivity contribution >= 4 is 27.5 Å². The summed E-state index contributed by atoms with van der Waals surface area (Å²) in [6.07, 6.45) is 2.52. The molecule has 0 bridgehead atoms. The van der Waals surface area contributed by atoms with Gasteiger partial charge in [0.1, 0.15) is 0 Å². The fourth-order valence-corrected chi connectivity index (χ4v) is 2.77. The van der Waals surface area contributed by atoms with Crippen LogP contribution in [0, 0.1) is 0 Å². The minimum atomic E-state index is -0.101. The molecular weight excluding hydrogens is 306 g/mol. The molecule has 0 saturated carbocycles. The van der Waals surface area contributed by atoms with Crippen molar-refractivity contribution in [3.63, 3.8) is 0 Å². The zero-order valence-electron chi connectivity index (χ0n) is 11.2. The molecule has 0 radical (unpaired) electrons. The Morgan fingerprint density at radius 2 is 2.16 bits per heavy atom. The first-order valence-corrected chi connectivity index (χ1v) is 7.44. The molecule has 4 nitrogen and oxygen atoms in total. The van der Waals surface area contributed by atoms with Gasteiger partial charge in [0.2, 0.25) is 0 Å². The van der Waals surface area contributed by atoms with Crippen LogP contribution in [-0.2, 0) is 0 Å². The first-order chi connectivity index (χ1) is 9.08. The second-order valence-electron chi connectivity index (χ2n) is 5.03. The quantitative estimate of drug-likeness (QED) is 0.835. The van der Waals surface area contributed by atoms with Gasteiger partial charge >= 0.3 is 0 Å². The number of halogens is 1. The Morgan fingerprint density at radius 3 is 2.79 bits per heavy atom. The minimum absolute atomic E-state index is 0.101. The summed E-state index contributed by atoms with van der Waals surface area (Å²) >= 11 is 3.33. The van der Waals surface area contributed by atoms with Crippen molar-refractivity contribution in [2.75, 3.05) is 25.4 Å². The fourth-order valence-electron chi connectivity index (χ4n) is 2.39. The summed E-state index contributed by atoms with van der Waals surface area (Å²) in [5.74, 6) is -0.101. The Morgan fingerprint density at radius 1 is 1.47 bits per heavy atom. The van der Waals surface area contributed by atoms with Crippen molar-refractivity contribution in [2.24, 2.45) is 0 Å². The number of amides is 1. The maximum Gasteiger partial charge on any atom is 0.253 e. The van der Waals surface area contributed by atoms with Crippen LogP contribution in [0.2, 0.25) is 0 Å². The highest BCUT2D eigenvalue weighted by Crippen LogP contribution is 2.18. The van der Waals surface area contributed by atoms with Crippen LogP contribution in [0.5, 0.6) is 0 Å². The molecule has 0 aromatic heterocycles. The number of nitrogens with two attached hydrogens (primary N) is 1. The number of nitrogen functional groups attached to an aromatic ring is 1. The molecular formula is C14H20BrN3O. The third-order valence-electron chi connectivity index (χ3n) is 3.58. The van der Waals surface area contributed by atoms with Gasteiger partial charge in [0, 0.05) is 22.7 Å². The molecule has 1 heterocycles. The smallest absolute Gasteiger partial charge is 0.253 e. The van der Waals surface area contributed by atoms with Crippen molar-refractivity contribution in [3.8, 4) is 0 Å². The molecule has 2 rings (SSSR count). The molecule has 1 aliphatic heterocycles. The van der Waals surface area contributed by atoms with E-state index in [2.05, 4.69) is 33.1 Å². The first-order valence-electron chi connectivity index (χ1n) is 6.65. The minimum Gasteiger partial charge on any atom is -0.398 e. The molecule has 1 aliphatic rings. The first kappa shape index (κ1) is 14.3. The van der Waals surface area contributed by atoms with E-state index in [1.807, 2.05) is 6.07 Å².